The van der Waals surface area contributed by atoms with Gasteiger partial charge in [-0.3, -0.25) is 0 Å². The Morgan fingerprint density at radius 3 is 2.50 bits per heavy atom. The lowest BCUT2D eigenvalue weighted by Gasteiger charge is -2.29. The van der Waals surface area contributed by atoms with Crippen LogP contribution in [0.4, 0.5) is 0 Å². The Labute approximate surface area is 102 Å². The summed E-state index contributed by atoms with van der Waals surface area (Å²) in [4.78, 5) is 2.53. The van der Waals surface area contributed by atoms with E-state index in [0.29, 0.717) is 6.04 Å². The van der Waals surface area contributed by atoms with Crippen LogP contribution in [-0.2, 0) is 0 Å². The summed E-state index contributed by atoms with van der Waals surface area (Å²) in [5.74, 6) is 0.970. The molecule has 0 bridgehead atoms. The van der Waals surface area contributed by atoms with E-state index in [1.54, 1.807) is 0 Å². The third-order valence-corrected chi connectivity index (χ3v) is 3.87. The van der Waals surface area contributed by atoms with Gasteiger partial charge in [-0.15, -0.1) is 0 Å². The molecule has 96 valence electrons. The Hall–Kier alpha value is -0.0800. The van der Waals surface area contributed by atoms with E-state index in [1.807, 2.05) is 0 Å². The molecule has 1 atom stereocenters. The molecule has 1 rings (SSSR count). The fourth-order valence-electron chi connectivity index (χ4n) is 2.94. The first-order chi connectivity index (χ1) is 7.76. The predicted octanol–water partition coefficient (Wildman–Crippen LogP) is 2.89. The van der Waals surface area contributed by atoms with Crippen LogP contribution < -0.4 is 5.32 Å². The number of rotatable bonds is 7. The van der Waals surface area contributed by atoms with Crippen molar-refractivity contribution < 1.29 is 0 Å². The Bertz CT molecular complexity index is 157. The zero-order valence-electron chi connectivity index (χ0n) is 11.5. The number of hydrogen-bond acceptors (Lipinski definition) is 2. The van der Waals surface area contributed by atoms with Gasteiger partial charge in [0, 0.05) is 19.1 Å². The van der Waals surface area contributed by atoms with Crippen molar-refractivity contribution in [1.82, 2.24) is 10.2 Å². The van der Waals surface area contributed by atoms with Crippen LogP contribution in [0, 0.1) is 5.92 Å². The number of hydrogen-bond donors (Lipinski definition) is 1. The van der Waals surface area contributed by atoms with E-state index in [-0.39, 0.29) is 0 Å². The third-order valence-electron chi connectivity index (χ3n) is 3.87. The van der Waals surface area contributed by atoms with Crippen molar-refractivity contribution in [3.63, 3.8) is 0 Å². The molecule has 16 heavy (non-hydrogen) atoms. The maximum Gasteiger partial charge on any atom is 0.0191 e. The highest BCUT2D eigenvalue weighted by Gasteiger charge is 2.16. The van der Waals surface area contributed by atoms with Crippen LogP contribution in [-0.4, -0.2) is 38.1 Å². The summed E-state index contributed by atoms with van der Waals surface area (Å²) in [5.41, 5.74) is 0. The first-order valence-electron chi connectivity index (χ1n) is 7.12. The molecule has 1 N–H and O–H groups in total. The van der Waals surface area contributed by atoms with Gasteiger partial charge in [-0.05, 0) is 39.3 Å². The van der Waals surface area contributed by atoms with Crippen molar-refractivity contribution in [2.24, 2.45) is 5.92 Å². The first-order valence-corrected chi connectivity index (χ1v) is 7.12. The van der Waals surface area contributed by atoms with Crippen LogP contribution >= 0.6 is 0 Å². The minimum absolute atomic E-state index is 0.679. The Morgan fingerprint density at radius 2 is 1.94 bits per heavy atom. The van der Waals surface area contributed by atoms with E-state index in [4.69, 9.17) is 0 Å². The quantitative estimate of drug-likeness (QED) is 0.718. The minimum atomic E-state index is 0.679. The molecule has 0 radical (unpaired) electrons. The van der Waals surface area contributed by atoms with Crippen molar-refractivity contribution in [2.45, 2.75) is 57.9 Å². The molecule has 0 aromatic rings. The molecule has 1 aliphatic rings. The summed E-state index contributed by atoms with van der Waals surface area (Å²) in [6, 6.07) is 0.679. The van der Waals surface area contributed by atoms with Crippen LogP contribution in [0.3, 0.4) is 0 Å². The lowest BCUT2D eigenvalue weighted by Crippen LogP contribution is -2.39. The van der Waals surface area contributed by atoms with E-state index in [2.05, 4.69) is 31.2 Å². The van der Waals surface area contributed by atoms with E-state index in [1.165, 1.54) is 58.0 Å². The van der Waals surface area contributed by atoms with Crippen molar-refractivity contribution in [1.29, 1.82) is 0 Å². The Balaban J connectivity index is 2.19. The van der Waals surface area contributed by atoms with Crippen LogP contribution in [0.15, 0.2) is 0 Å². The second kappa shape index (κ2) is 8.08. The zero-order chi connectivity index (χ0) is 11.8. The smallest absolute Gasteiger partial charge is 0.0191 e. The molecular formula is C14H30N2. The van der Waals surface area contributed by atoms with Gasteiger partial charge in [0.05, 0.1) is 0 Å². The SMILES string of the molecule is CCCC(CN(C)CC1CCCCC1)NC. The average Bonchev–Trinajstić information content (AvgIpc) is 2.29. The molecule has 0 aromatic carbocycles. The molecule has 1 saturated carbocycles. The second-order valence-corrected chi connectivity index (χ2v) is 5.50. The van der Waals surface area contributed by atoms with Crippen LogP contribution in [0.1, 0.15) is 51.9 Å². The Morgan fingerprint density at radius 1 is 1.25 bits per heavy atom. The standard InChI is InChI=1S/C14H30N2/c1-4-8-14(15-2)12-16(3)11-13-9-6-5-7-10-13/h13-15H,4-12H2,1-3H3. The summed E-state index contributed by atoms with van der Waals surface area (Å²) in [6.07, 6.45) is 9.89. The highest BCUT2D eigenvalue weighted by atomic mass is 15.1. The molecule has 1 fully saturated rings. The first kappa shape index (κ1) is 14.0. The maximum absolute atomic E-state index is 3.43. The topological polar surface area (TPSA) is 15.3 Å². The minimum Gasteiger partial charge on any atom is -0.316 e. The van der Waals surface area contributed by atoms with Crippen molar-refractivity contribution in [3.05, 3.63) is 0 Å². The normalized spacial score (nSPS) is 20.2. The van der Waals surface area contributed by atoms with E-state index in [0.717, 1.165) is 5.92 Å². The monoisotopic (exact) mass is 226 g/mol. The maximum atomic E-state index is 3.43. The second-order valence-electron chi connectivity index (χ2n) is 5.50. The lowest BCUT2D eigenvalue weighted by molar-refractivity contribution is 0.214. The zero-order valence-corrected chi connectivity index (χ0v) is 11.5. The third kappa shape index (κ3) is 5.31. The molecule has 0 spiro atoms. The molecular weight excluding hydrogens is 196 g/mol. The molecule has 2 nitrogen and oxygen atoms in total. The highest BCUT2D eigenvalue weighted by molar-refractivity contribution is 4.73. The molecule has 1 unspecified atom stereocenters. The highest BCUT2D eigenvalue weighted by Crippen LogP contribution is 2.24. The van der Waals surface area contributed by atoms with Gasteiger partial charge in [-0.2, -0.15) is 0 Å². The Kier molecular flexibility index (Phi) is 7.06. The van der Waals surface area contributed by atoms with E-state index >= 15 is 0 Å². The molecule has 2 heteroatoms. The van der Waals surface area contributed by atoms with Gasteiger partial charge in [0.2, 0.25) is 0 Å². The number of likely N-dealkylation sites (N-methyl/N-ethyl adjacent to an activating group) is 2. The van der Waals surface area contributed by atoms with Crippen molar-refractivity contribution in [2.75, 3.05) is 27.2 Å². The molecule has 0 amide bonds. The van der Waals surface area contributed by atoms with Gasteiger partial charge in [0.25, 0.3) is 0 Å². The largest absolute Gasteiger partial charge is 0.316 e. The summed E-state index contributed by atoms with van der Waals surface area (Å²) in [7, 11) is 4.38. The van der Waals surface area contributed by atoms with E-state index in [9.17, 15) is 0 Å². The fraction of sp³-hybridized carbons (Fsp3) is 1.00. The number of nitrogens with zero attached hydrogens (tertiary/aromatic N) is 1. The molecule has 1 aliphatic carbocycles. The van der Waals surface area contributed by atoms with Crippen molar-refractivity contribution in [3.8, 4) is 0 Å². The summed E-state index contributed by atoms with van der Waals surface area (Å²) in [5, 5.41) is 3.43. The van der Waals surface area contributed by atoms with Crippen LogP contribution in [0.5, 0.6) is 0 Å². The fourth-order valence-corrected chi connectivity index (χ4v) is 2.94. The molecule has 0 aliphatic heterocycles. The predicted molar refractivity (Wildman–Crippen MR) is 71.8 cm³/mol. The van der Waals surface area contributed by atoms with Gasteiger partial charge in [-0.25, -0.2) is 0 Å². The molecule has 0 saturated heterocycles. The van der Waals surface area contributed by atoms with Gasteiger partial charge in [-0.1, -0.05) is 32.6 Å². The van der Waals surface area contributed by atoms with Gasteiger partial charge in [0.1, 0.15) is 0 Å². The summed E-state index contributed by atoms with van der Waals surface area (Å²) < 4.78 is 0. The lowest BCUT2D eigenvalue weighted by atomic mass is 9.89. The number of nitrogens with one attached hydrogen (secondary N) is 1. The van der Waals surface area contributed by atoms with Crippen molar-refractivity contribution >= 4 is 0 Å². The van der Waals surface area contributed by atoms with Gasteiger partial charge < -0.3 is 10.2 Å². The van der Waals surface area contributed by atoms with E-state index < -0.39 is 0 Å². The summed E-state index contributed by atoms with van der Waals surface area (Å²) in [6.45, 7) is 4.79. The molecule has 0 aromatic heterocycles. The van der Waals surface area contributed by atoms with Gasteiger partial charge in [0.15, 0.2) is 0 Å². The van der Waals surface area contributed by atoms with Gasteiger partial charge >= 0.3 is 0 Å². The molecule has 0 heterocycles. The summed E-state index contributed by atoms with van der Waals surface area (Å²) >= 11 is 0. The average molecular weight is 226 g/mol. The van der Waals surface area contributed by atoms with Crippen LogP contribution in [0.25, 0.3) is 0 Å². The van der Waals surface area contributed by atoms with Crippen LogP contribution in [0.2, 0.25) is 0 Å².